The fourth-order valence-electron chi connectivity index (χ4n) is 3.30. The van der Waals surface area contributed by atoms with Gasteiger partial charge in [0.15, 0.2) is 0 Å². The molecule has 33 heavy (non-hydrogen) atoms. The molecule has 1 amide bonds. The summed E-state index contributed by atoms with van der Waals surface area (Å²) in [7, 11) is -3.89. The van der Waals surface area contributed by atoms with Crippen LogP contribution < -0.4 is 14.4 Å². The van der Waals surface area contributed by atoms with E-state index in [-0.39, 0.29) is 29.2 Å². The second-order valence-electron chi connectivity index (χ2n) is 7.30. The van der Waals surface area contributed by atoms with Crippen molar-refractivity contribution in [3.8, 4) is 5.75 Å². The van der Waals surface area contributed by atoms with Crippen LogP contribution in [-0.2, 0) is 16.2 Å². The van der Waals surface area contributed by atoms with E-state index in [4.69, 9.17) is 16.3 Å². The number of carbonyl (C=O) groups excluding carboxylic acids is 1. The van der Waals surface area contributed by atoms with Crippen molar-refractivity contribution >= 4 is 33.3 Å². The number of aromatic nitrogens is 1. The van der Waals surface area contributed by atoms with E-state index in [1.54, 1.807) is 9.62 Å². The first-order valence-electron chi connectivity index (χ1n) is 9.88. The summed E-state index contributed by atoms with van der Waals surface area (Å²) in [5.74, 6) is -2.24. The molecule has 0 saturated carbocycles. The third kappa shape index (κ3) is 6.05. The minimum Gasteiger partial charge on any atom is -0.490 e. The average Bonchev–Trinajstić information content (AvgIpc) is 3.21. The summed E-state index contributed by atoms with van der Waals surface area (Å²) in [6.07, 6.45) is -2.30. The zero-order valence-electron chi connectivity index (χ0n) is 17.3. The van der Waals surface area contributed by atoms with Gasteiger partial charge in [-0.1, -0.05) is 11.6 Å². The zero-order chi connectivity index (χ0) is 24.4. The number of sulfonamides is 1. The standard InChI is InChI=1S/C20H20ClF4N3O4S/c1-2-33(30,31)27-19(29)14-8-15(21)17(9-16(14)22)32-11-13-4-3-7-28(13)18-6-5-12(10-26-18)20(23,24)25/h5-6,8-10,13H,2-4,7,11H2,1H3,(H,27,29)/t13-/m1/s1. The molecule has 1 atom stereocenters. The SMILES string of the molecule is CCS(=O)(=O)NC(=O)c1cc(Cl)c(OC[C@H]2CCCN2c2ccc(C(F)(F)F)cn2)cc1F. The van der Waals surface area contributed by atoms with Crippen molar-refractivity contribution < 1.29 is 35.5 Å². The lowest BCUT2D eigenvalue weighted by atomic mass is 10.2. The number of ether oxygens (including phenoxy) is 1. The molecular formula is C20H20ClF4N3O4S. The van der Waals surface area contributed by atoms with Gasteiger partial charge in [-0.25, -0.2) is 22.5 Å². The predicted molar refractivity (Wildman–Crippen MR) is 113 cm³/mol. The van der Waals surface area contributed by atoms with E-state index in [2.05, 4.69) is 4.98 Å². The third-order valence-corrected chi connectivity index (χ3v) is 6.62. The number of carbonyl (C=O) groups is 1. The number of alkyl halides is 3. The molecular weight excluding hydrogens is 490 g/mol. The van der Waals surface area contributed by atoms with Crippen LogP contribution in [0, 0.1) is 5.82 Å². The van der Waals surface area contributed by atoms with E-state index in [1.165, 1.54) is 13.0 Å². The summed E-state index contributed by atoms with van der Waals surface area (Å²) in [5, 5.41) is -0.104. The molecule has 1 aliphatic rings. The summed E-state index contributed by atoms with van der Waals surface area (Å²) >= 11 is 6.10. The number of benzene rings is 1. The summed E-state index contributed by atoms with van der Waals surface area (Å²) in [6.45, 7) is 1.92. The van der Waals surface area contributed by atoms with Crippen LogP contribution in [0.15, 0.2) is 30.5 Å². The second-order valence-corrected chi connectivity index (χ2v) is 9.72. The monoisotopic (exact) mass is 509 g/mol. The van der Waals surface area contributed by atoms with Crippen molar-refractivity contribution in [2.24, 2.45) is 0 Å². The van der Waals surface area contributed by atoms with Crippen molar-refractivity contribution in [3.05, 3.63) is 52.4 Å². The maximum absolute atomic E-state index is 14.4. The smallest absolute Gasteiger partial charge is 0.417 e. The van der Waals surface area contributed by atoms with Gasteiger partial charge in [0.1, 0.15) is 24.0 Å². The molecule has 1 fully saturated rings. The molecule has 2 heterocycles. The minimum atomic E-state index is -4.48. The number of nitrogens with zero attached hydrogens (tertiary/aromatic N) is 2. The molecule has 1 aromatic carbocycles. The van der Waals surface area contributed by atoms with Gasteiger partial charge >= 0.3 is 6.18 Å². The Balaban J connectivity index is 1.70. The number of hydrogen-bond donors (Lipinski definition) is 1. The maximum Gasteiger partial charge on any atom is 0.417 e. The lowest BCUT2D eigenvalue weighted by Gasteiger charge is -2.26. The van der Waals surface area contributed by atoms with Crippen LogP contribution in [0.3, 0.4) is 0 Å². The average molecular weight is 510 g/mol. The van der Waals surface area contributed by atoms with Gasteiger partial charge in [0.25, 0.3) is 5.91 Å². The molecule has 13 heteroatoms. The van der Waals surface area contributed by atoms with Crippen molar-refractivity contribution in [1.82, 2.24) is 9.71 Å². The van der Waals surface area contributed by atoms with Crippen LogP contribution in [0.5, 0.6) is 5.75 Å². The van der Waals surface area contributed by atoms with Crippen molar-refractivity contribution in [3.63, 3.8) is 0 Å². The van der Waals surface area contributed by atoms with Crippen molar-refractivity contribution in [1.29, 1.82) is 0 Å². The van der Waals surface area contributed by atoms with Crippen molar-refractivity contribution in [2.45, 2.75) is 32.0 Å². The normalized spacial score (nSPS) is 16.7. The van der Waals surface area contributed by atoms with Gasteiger partial charge in [-0.15, -0.1) is 0 Å². The number of anilines is 1. The number of pyridine rings is 1. The Kier molecular flexibility index (Phi) is 7.37. The molecule has 1 N–H and O–H groups in total. The molecule has 3 rings (SSSR count). The molecule has 0 aliphatic carbocycles. The van der Waals surface area contributed by atoms with Gasteiger partial charge in [0.2, 0.25) is 10.0 Å². The van der Waals surface area contributed by atoms with E-state index in [1.807, 2.05) is 0 Å². The highest BCUT2D eigenvalue weighted by Gasteiger charge is 2.32. The van der Waals surface area contributed by atoms with Crippen LogP contribution in [0.25, 0.3) is 0 Å². The van der Waals surface area contributed by atoms with Gasteiger partial charge in [-0.3, -0.25) is 4.79 Å². The highest BCUT2D eigenvalue weighted by atomic mass is 35.5. The fourth-order valence-corrected chi connectivity index (χ4v) is 4.06. The molecule has 2 aromatic rings. The highest BCUT2D eigenvalue weighted by Crippen LogP contribution is 2.32. The molecule has 180 valence electrons. The molecule has 0 radical (unpaired) electrons. The van der Waals surface area contributed by atoms with E-state index in [9.17, 15) is 30.8 Å². The summed E-state index contributed by atoms with van der Waals surface area (Å²) in [6, 6.07) is 3.84. The first kappa shape index (κ1) is 25.0. The molecule has 0 bridgehead atoms. The lowest BCUT2D eigenvalue weighted by molar-refractivity contribution is -0.137. The van der Waals surface area contributed by atoms with E-state index < -0.39 is 39.1 Å². The number of nitrogens with one attached hydrogen (secondary N) is 1. The molecule has 0 unspecified atom stereocenters. The Morgan fingerprint density at radius 2 is 2.06 bits per heavy atom. The van der Waals surface area contributed by atoms with Crippen LogP contribution in [0.1, 0.15) is 35.7 Å². The first-order valence-corrected chi connectivity index (χ1v) is 11.9. The molecule has 1 saturated heterocycles. The van der Waals surface area contributed by atoms with Gasteiger partial charge in [0.05, 0.1) is 27.9 Å². The largest absolute Gasteiger partial charge is 0.490 e. The van der Waals surface area contributed by atoms with Gasteiger partial charge < -0.3 is 9.64 Å². The van der Waals surface area contributed by atoms with Crippen LogP contribution in [0.4, 0.5) is 23.4 Å². The highest BCUT2D eigenvalue weighted by molar-refractivity contribution is 7.90. The molecule has 1 aliphatic heterocycles. The minimum absolute atomic E-state index is 0.0393. The Morgan fingerprint density at radius 3 is 2.67 bits per heavy atom. The molecule has 1 aromatic heterocycles. The Hall–Kier alpha value is -2.60. The van der Waals surface area contributed by atoms with E-state index in [0.717, 1.165) is 30.8 Å². The van der Waals surface area contributed by atoms with Crippen molar-refractivity contribution in [2.75, 3.05) is 23.8 Å². The quantitative estimate of drug-likeness (QED) is 0.567. The number of halogens is 5. The predicted octanol–water partition coefficient (Wildman–Crippen LogP) is 4.02. The summed E-state index contributed by atoms with van der Waals surface area (Å²) in [4.78, 5) is 17.7. The molecule has 7 nitrogen and oxygen atoms in total. The Bertz CT molecular complexity index is 1130. The Morgan fingerprint density at radius 1 is 1.33 bits per heavy atom. The number of amides is 1. The van der Waals surface area contributed by atoms with Crippen LogP contribution >= 0.6 is 11.6 Å². The number of hydrogen-bond acceptors (Lipinski definition) is 6. The fraction of sp³-hybridized carbons (Fsp3) is 0.400. The zero-order valence-corrected chi connectivity index (χ0v) is 18.9. The van der Waals surface area contributed by atoms with Crippen LogP contribution in [-0.4, -0.2) is 44.3 Å². The molecule has 0 spiro atoms. The van der Waals surface area contributed by atoms with Crippen LogP contribution in [0.2, 0.25) is 5.02 Å². The van der Waals surface area contributed by atoms with Gasteiger partial charge in [-0.05, 0) is 38.0 Å². The number of rotatable bonds is 7. The van der Waals surface area contributed by atoms with Gasteiger partial charge in [-0.2, -0.15) is 13.2 Å². The maximum atomic E-state index is 14.4. The summed E-state index contributed by atoms with van der Waals surface area (Å²) in [5.41, 5.74) is -1.41. The van der Waals surface area contributed by atoms with E-state index >= 15 is 0 Å². The first-order chi connectivity index (χ1) is 15.4. The lowest BCUT2D eigenvalue weighted by Crippen LogP contribution is -2.35. The topological polar surface area (TPSA) is 88.6 Å². The second kappa shape index (κ2) is 9.72. The third-order valence-electron chi connectivity index (χ3n) is 5.07. The van der Waals surface area contributed by atoms with E-state index in [0.29, 0.717) is 18.8 Å². The Labute approximate surface area is 192 Å². The summed E-state index contributed by atoms with van der Waals surface area (Å²) < 4.78 is 83.1. The van der Waals surface area contributed by atoms with Gasteiger partial charge in [0, 0.05) is 18.8 Å².